The molecule has 98 valence electrons. The SMILES string of the molecule is NC1(COCC2Cc3ccccc32)CCCCC1. The van der Waals surface area contributed by atoms with E-state index in [1.807, 2.05) is 0 Å². The summed E-state index contributed by atoms with van der Waals surface area (Å²) in [5.41, 5.74) is 9.31. The fourth-order valence-corrected chi connectivity index (χ4v) is 3.32. The lowest BCUT2D eigenvalue weighted by Gasteiger charge is -2.35. The maximum atomic E-state index is 6.37. The van der Waals surface area contributed by atoms with Crippen LogP contribution in [0.25, 0.3) is 0 Å². The Labute approximate surface area is 110 Å². The Kier molecular flexibility index (Phi) is 3.40. The van der Waals surface area contributed by atoms with Gasteiger partial charge in [0.15, 0.2) is 0 Å². The van der Waals surface area contributed by atoms with Crippen molar-refractivity contribution in [3.05, 3.63) is 35.4 Å². The largest absolute Gasteiger partial charge is 0.379 e. The first-order chi connectivity index (χ1) is 8.77. The lowest BCUT2D eigenvalue weighted by molar-refractivity contribution is 0.0559. The standard InChI is InChI=1S/C16H23NO/c17-16(8-4-1-5-9-16)12-18-11-14-10-13-6-2-3-7-15(13)14/h2-3,6-7,14H,1,4-5,8-12,17H2. The van der Waals surface area contributed by atoms with Crippen LogP contribution < -0.4 is 5.73 Å². The van der Waals surface area contributed by atoms with E-state index in [9.17, 15) is 0 Å². The minimum Gasteiger partial charge on any atom is -0.379 e. The van der Waals surface area contributed by atoms with Crippen LogP contribution in [0.4, 0.5) is 0 Å². The van der Waals surface area contributed by atoms with Gasteiger partial charge < -0.3 is 10.5 Å². The second kappa shape index (κ2) is 5.02. The van der Waals surface area contributed by atoms with Crippen molar-refractivity contribution in [2.75, 3.05) is 13.2 Å². The third-order valence-electron chi connectivity index (χ3n) is 4.52. The summed E-state index contributed by atoms with van der Waals surface area (Å²) >= 11 is 0. The van der Waals surface area contributed by atoms with Gasteiger partial charge in [-0.25, -0.2) is 0 Å². The van der Waals surface area contributed by atoms with Gasteiger partial charge in [-0.15, -0.1) is 0 Å². The zero-order valence-corrected chi connectivity index (χ0v) is 11.0. The van der Waals surface area contributed by atoms with E-state index < -0.39 is 0 Å². The van der Waals surface area contributed by atoms with Crippen molar-refractivity contribution in [3.63, 3.8) is 0 Å². The van der Waals surface area contributed by atoms with Gasteiger partial charge in [0, 0.05) is 11.5 Å². The summed E-state index contributed by atoms with van der Waals surface area (Å²) in [6.07, 6.45) is 7.32. The molecule has 1 atom stereocenters. The van der Waals surface area contributed by atoms with Crippen molar-refractivity contribution in [2.24, 2.45) is 5.73 Å². The molecule has 2 aliphatic rings. The molecular weight excluding hydrogens is 222 g/mol. The Morgan fingerprint density at radius 3 is 2.72 bits per heavy atom. The minimum absolute atomic E-state index is 0.0402. The van der Waals surface area contributed by atoms with Crippen molar-refractivity contribution < 1.29 is 4.74 Å². The molecule has 1 aromatic carbocycles. The van der Waals surface area contributed by atoms with E-state index in [1.54, 1.807) is 0 Å². The van der Waals surface area contributed by atoms with E-state index in [1.165, 1.54) is 36.8 Å². The molecule has 0 radical (unpaired) electrons. The van der Waals surface area contributed by atoms with Crippen molar-refractivity contribution in [1.29, 1.82) is 0 Å². The summed E-state index contributed by atoms with van der Waals surface area (Å²) in [6.45, 7) is 1.58. The maximum absolute atomic E-state index is 6.37. The lowest BCUT2D eigenvalue weighted by Crippen LogP contribution is -2.46. The van der Waals surface area contributed by atoms with Gasteiger partial charge in [0.1, 0.15) is 0 Å². The minimum atomic E-state index is -0.0402. The molecule has 0 aliphatic heterocycles. The van der Waals surface area contributed by atoms with Crippen LogP contribution in [0.15, 0.2) is 24.3 Å². The normalized spacial score (nSPS) is 25.3. The summed E-state index contributed by atoms with van der Waals surface area (Å²) in [5, 5.41) is 0. The summed E-state index contributed by atoms with van der Waals surface area (Å²) in [5.74, 6) is 0.605. The van der Waals surface area contributed by atoms with Crippen LogP contribution in [-0.4, -0.2) is 18.8 Å². The van der Waals surface area contributed by atoms with Gasteiger partial charge in [-0.1, -0.05) is 43.5 Å². The van der Waals surface area contributed by atoms with Gasteiger partial charge in [0.05, 0.1) is 13.2 Å². The molecule has 1 fully saturated rings. The number of fused-ring (bicyclic) bond motifs is 1. The molecule has 0 spiro atoms. The highest BCUT2D eigenvalue weighted by Crippen LogP contribution is 2.35. The van der Waals surface area contributed by atoms with Gasteiger partial charge >= 0.3 is 0 Å². The van der Waals surface area contributed by atoms with E-state index in [2.05, 4.69) is 24.3 Å². The average Bonchev–Trinajstić information content (AvgIpc) is 2.36. The first kappa shape index (κ1) is 12.2. The zero-order chi connectivity index (χ0) is 12.4. The molecule has 1 unspecified atom stereocenters. The van der Waals surface area contributed by atoms with E-state index in [-0.39, 0.29) is 5.54 Å². The Balaban J connectivity index is 1.46. The first-order valence-electron chi connectivity index (χ1n) is 7.21. The monoisotopic (exact) mass is 245 g/mol. The van der Waals surface area contributed by atoms with Crippen LogP contribution >= 0.6 is 0 Å². The quantitative estimate of drug-likeness (QED) is 0.885. The molecule has 0 heterocycles. The molecule has 0 aromatic heterocycles. The first-order valence-corrected chi connectivity index (χ1v) is 7.21. The zero-order valence-electron chi connectivity index (χ0n) is 11.0. The fraction of sp³-hybridized carbons (Fsp3) is 0.625. The Morgan fingerprint density at radius 2 is 1.94 bits per heavy atom. The molecule has 1 saturated carbocycles. The topological polar surface area (TPSA) is 35.2 Å². The highest BCUT2D eigenvalue weighted by molar-refractivity contribution is 5.39. The number of nitrogens with two attached hydrogens (primary N) is 1. The average molecular weight is 245 g/mol. The molecule has 2 nitrogen and oxygen atoms in total. The van der Waals surface area contributed by atoms with Gasteiger partial charge in [0.2, 0.25) is 0 Å². The molecule has 0 amide bonds. The van der Waals surface area contributed by atoms with Crippen molar-refractivity contribution in [3.8, 4) is 0 Å². The van der Waals surface area contributed by atoms with E-state index in [0.717, 1.165) is 26.1 Å². The molecule has 0 saturated heterocycles. The Morgan fingerprint density at radius 1 is 1.17 bits per heavy atom. The summed E-state index contributed by atoms with van der Waals surface area (Å²) in [7, 11) is 0. The number of benzene rings is 1. The molecule has 2 N–H and O–H groups in total. The molecule has 0 bridgehead atoms. The number of rotatable bonds is 4. The highest BCUT2D eigenvalue weighted by Gasteiger charge is 2.30. The summed E-state index contributed by atoms with van der Waals surface area (Å²) in [6, 6.07) is 8.69. The van der Waals surface area contributed by atoms with Crippen LogP contribution in [-0.2, 0) is 11.2 Å². The summed E-state index contributed by atoms with van der Waals surface area (Å²) in [4.78, 5) is 0. The third-order valence-corrected chi connectivity index (χ3v) is 4.52. The molecule has 2 aliphatic carbocycles. The predicted molar refractivity (Wildman–Crippen MR) is 73.7 cm³/mol. The van der Waals surface area contributed by atoms with Crippen LogP contribution in [0.1, 0.15) is 49.1 Å². The smallest absolute Gasteiger partial charge is 0.0646 e. The van der Waals surface area contributed by atoms with Crippen LogP contribution in [0, 0.1) is 0 Å². The van der Waals surface area contributed by atoms with Gasteiger partial charge in [-0.3, -0.25) is 0 Å². The van der Waals surface area contributed by atoms with Crippen molar-refractivity contribution >= 4 is 0 Å². The predicted octanol–water partition coefficient (Wildman–Crippen LogP) is 3.00. The van der Waals surface area contributed by atoms with Crippen LogP contribution in [0.5, 0.6) is 0 Å². The molecule has 3 rings (SSSR count). The van der Waals surface area contributed by atoms with E-state index in [4.69, 9.17) is 10.5 Å². The third kappa shape index (κ3) is 2.45. The number of hydrogen-bond donors (Lipinski definition) is 1. The molecule has 18 heavy (non-hydrogen) atoms. The number of ether oxygens (including phenoxy) is 1. The second-order valence-electron chi connectivity index (χ2n) is 6.04. The summed E-state index contributed by atoms with van der Waals surface area (Å²) < 4.78 is 5.91. The Bertz CT molecular complexity index is 409. The van der Waals surface area contributed by atoms with E-state index >= 15 is 0 Å². The molecular formula is C16H23NO. The van der Waals surface area contributed by atoms with Crippen molar-refractivity contribution in [2.45, 2.75) is 50.0 Å². The molecule has 1 aromatic rings. The second-order valence-corrected chi connectivity index (χ2v) is 6.04. The maximum Gasteiger partial charge on any atom is 0.0646 e. The van der Waals surface area contributed by atoms with Crippen LogP contribution in [0.3, 0.4) is 0 Å². The van der Waals surface area contributed by atoms with E-state index in [0.29, 0.717) is 5.92 Å². The van der Waals surface area contributed by atoms with Gasteiger partial charge in [-0.2, -0.15) is 0 Å². The van der Waals surface area contributed by atoms with Gasteiger partial charge in [-0.05, 0) is 30.4 Å². The number of hydrogen-bond acceptors (Lipinski definition) is 2. The fourth-order valence-electron chi connectivity index (χ4n) is 3.32. The lowest BCUT2D eigenvalue weighted by atomic mass is 9.78. The van der Waals surface area contributed by atoms with Crippen molar-refractivity contribution in [1.82, 2.24) is 0 Å². The van der Waals surface area contributed by atoms with Crippen LogP contribution in [0.2, 0.25) is 0 Å². The Hall–Kier alpha value is -0.860. The highest BCUT2D eigenvalue weighted by atomic mass is 16.5. The molecule has 2 heteroatoms. The van der Waals surface area contributed by atoms with Gasteiger partial charge in [0.25, 0.3) is 0 Å².